The monoisotopic (exact) mass is 490 g/mol. The SMILES string of the molecule is C=CCn1c(SCC(=O)Nc2ccc(F)cc2)nnc1C(C)Oc1ccc(Br)cc1. The Morgan fingerprint density at radius 2 is 1.97 bits per heavy atom. The molecule has 2 aromatic carbocycles. The van der Waals surface area contributed by atoms with Crippen molar-refractivity contribution in [3.05, 3.63) is 77.3 Å². The average molecular weight is 491 g/mol. The van der Waals surface area contributed by atoms with E-state index in [4.69, 9.17) is 4.74 Å². The number of carbonyl (C=O) groups is 1. The van der Waals surface area contributed by atoms with Crippen molar-refractivity contribution in [2.75, 3.05) is 11.1 Å². The second-order valence-electron chi connectivity index (χ2n) is 6.30. The molecule has 3 aromatic rings. The molecule has 6 nitrogen and oxygen atoms in total. The molecular formula is C21H20BrFN4O2S. The van der Waals surface area contributed by atoms with Gasteiger partial charge in [-0.25, -0.2) is 4.39 Å². The molecule has 156 valence electrons. The van der Waals surface area contributed by atoms with Gasteiger partial charge < -0.3 is 10.1 Å². The molecule has 9 heteroatoms. The third kappa shape index (κ3) is 5.93. The predicted octanol–water partition coefficient (Wildman–Crippen LogP) is 5.24. The molecular weight excluding hydrogens is 471 g/mol. The van der Waals surface area contributed by atoms with E-state index in [-0.39, 0.29) is 23.6 Å². The molecule has 0 aliphatic heterocycles. The highest BCUT2D eigenvalue weighted by molar-refractivity contribution is 9.10. The van der Waals surface area contributed by atoms with Crippen LogP contribution >= 0.6 is 27.7 Å². The number of hydrogen-bond donors (Lipinski definition) is 1. The zero-order valence-electron chi connectivity index (χ0n) is 16.2. The second-order valence-corrected chi connectivity index (χ2v) is 8.16. The lowest BCUT2D eigenvalue weighted by atomic mass is 10.3. The summed E-state index contributed by atoms with van der Waals surface area (Å²) in [6.45, 7) is 6.16. The third-order valence-corrected chi connectivity index (χ3v) is 5.50. The molecule has 0 spiro atoms. The molecule has 1 aromatic heterocycles. The van der Waals surface area contributed by atoms with Gasteiger partial charge in [0, 0.05) is 16.7 Å². The lowest BCUT2D eigenvalue weighted by molar-refractivity contribution is -0.113. The van der Waals surface area contributed by atoms with Gasteiger partial charge in [-0.15, -0.1) is 16.8 Å². The van der Waals surface area contributed by atoms with E-state index in [9.17, 15) is 9.18 Å². The summed E-state index contributed by atoms with van der Waals surface area (Å²) in [4.78, 5) is 12.2. The van der Waals surface area contributed by atoms with Crippen LogP contribution < -0.4 is 10.1 Å². The number of aromatic nitrogens is 3. The Balaban J connectivity index is 1.65. The van der Waals surface area contributed by atoms with Crippen LogP contribution in [0.15, 0.2) is 70.8 Å². The number of benzene rings is 2. The molecule has 0 saturated heterocycles. The molecule has 0 aliphatic rings. The van der Waals surface area contributed by atoms with Crippen molar-refractivity contribution in [3.63, 3.8) is 0 Å². The number of allylic oxidation sites excluding steroid dienone is 1. The highest BCUT2D eigenvalue weighted by atomic mass is 79.9. The zero-order chi connectivity index (χ0) is 21.5. The first kappa shape index (κ1) is 22.0. The molecule has 0 bridgehead atoms. The van der Waals surface area contributed by atoms with Crippen molar-refractivity contribution in [1.82, 2.24) is 14.8 Å². The Morgan fingerprint density at radius 1 is 1.27 bits per heavy atom. The fraction of sp³-hybridized carbons (Fsp3) is 0.190. The van der Waals surface area contributed by atoms with Crippen LogP contribution in [0.1, 0.15) is 18.9 Å². The molecule has 30 heavy (non-hydrogen) atoms. The predicted molar refractivity (Wildman–Crippen MR) is 119 cm³/mol. The normalized spacial score (nSPS) is 11.7. The number of halogens is 2. The standard InChI is InChI=1S/C21H20BrFN4O2S/c1-3-12-27-20(14(2)29-18-10-4-15(22)5-11-18)25-26-21(27)30-13-19(28)24-17-8-6-16(23)7-9-17/h3-11,14H,1,12-13H2,2H3,(H,24,28). The second kappa shape index (κ2) is 10.4. The van der Waals surface area contributed by atoms with Crippen LogP contribution in [0.3, 0.4) is 0 Å². The Morgan fingerprint density at radius 3 is 2.63 bits per heavy atom. The van der Waals surface area contributed by atoms with E-state index in [2.05, 4.69) is 38.0 Å². The maximum absolute atomic E-state index is 13.0. The number of nitrogens with zero attached hydrogens (tertiary/aromatic N) is 3. The van der Waals surface area contributed by atoms with Crippen LogP contribution in [-0.4, -0.2) is 26.4 Å². The van der Waals surface area contributed by atoms with E-state index in [1.54, 1.807) is 6.08 Å². The van der Waals surface area contributed by atoms with Crippen LogP contribution in [0.2, 0.25) is 0 Å². The van der Waals surface area contributed by atoms with Gasteiger partial charge in [0.2, 0.25) is 5.91 Å². The summed E-state index contributed by atoms with van der Waals surface area (Å²) in [6.07, 6.45) is 1.39. The van der Waals surface area contributed by atoms with Gasteiger partial charge in [-0.2, -0.15) is 0 Å². The molecule has 1 heterocycles. The molecule has 3 rings (SSSR count). The first-order valence-electron chi connectivity index (χ1n) is 9.10. The number of rotatable bonds is 9. The summed E-state index contributed by atoms with van der Waals surface area (Å²) in [5, 5.41) is 11.8. The molecule has 0 radical (unpaired) electrons. The summed E-state index contributed by atoms with van der Waals surface area (Å²) < 4.78 is 21.8. The van der Waals surface area contributed by atoms with Gasteiger partial charge in [-0.3, -0.25) is 9.36 Å². The van der Waals surface area contributed by atoms with Crippen LogP contribution in [0, 0.1) is 5.82 Å². The van der Waals surface area contributed by atoms with E-state index >= 15 is 0 Å². The Hall–Kier alpha value is -2.65. The first-order chi connectivity index (χ1) is 14.5. The minimum Gasteiger partial charge on any atom is -0.483 e. The number of thioether (sulfide) groups is 1. The number of nitrogens with one attached hydrogen (secondary N) is 1. The number of amides is 1. The van der Waals surface area contributed by atoms with E-state index in [0.29, 0.717) is 29.0 Å². The van der Waals surface area contributed by atoms with Gasteiger partial charge in [0.05, 0.1) is 5.75 Å². The number of anilines is 1. The lowest BCUT2D eigenvalue weighted by Crippen LogP contribution is -2.15. The van der Waals surface area contributed by atoms with Crippen LogP contribution in [-0.2, 0) is 11.3 Å². The molecule has 0 saturated carbocycles. The van der Waals surface area contributed by atoms with E-state index in [0.717, 1.165) is 4.47 Å². The lowest BCUT2D eigenvalue weighted by Gasteiger charge is -2.15. The highest BCUT2D eigenvalue weighted by Crippen LogP contribution is 2.26. The minimum absolute atomic E-state index is 0.134. The first-order valence-corrected chi connectivity index (χ1v) is 10.9. The largest absolute Gasteiger partial charge is 0.483 e. The molecule has 1 unspecified atom stereocenters. The van der Waals surface area contributed by atoms with E-state index in [1.165, 1.54) is 36.0 Å². The summed E-state index contributed by atoms with van der Waals surface area (Å²) in [6, 6.07) is 13.1. The van der Waals surface area contributed by atoms with Crippen molar-refractivity contribution < 1.29 is 13.9 Å². The number of carbonyl (C=O) groups excluding carboxylic acids is 1. The fourth-order valence-corrected chi connectivity index (χ4v) is 3.66. The Kier molecular flexibility index (Phi) is 7.64. The van der Waals surface area contributed by atoms with Crippen molar-refractivity contribution in [2.45, 2.75) is 24.7 Å². The van der Waals surface area contributed by atoms with E-state index < -0.39 is 0 Å². The summed E-state index contributed by atoms with van der Waals surface area (Å²) in [7, 11) is 0. The van der Waals surface area contributed by atoms with Crippen molar-refractivity contribution in [3.8, 4) is 5.75 Å². The van der Waals surface area contributed by atoms with Crippen LogP contribution in [0.25, 0.3) is 0 Å². The topological polar surface area (TPSA) is 69.0 Å². The summed E-state index contributed by atoms with van der Waals surface area (Å²) in [5.74, 6) is 0.910. The molecule has 1 amide bonds. The average Bonchev–Trinajstić information content (AvgIpc) is 3.13. The third-order valence-electron chi connectivity index (χ3n) is 4.01. The molecule has 1 N–H and O–H groups in total. The Bertz CT molecular complexity index is 1010. The zero-order valence-corrected chi connectivity index (χ0v) is 18.6. The summed E-state index contributed by atoms with van der Waals surface area (Å²) >= 11 is 4.66. The van der Waals surface area contributed by atoms with Crippen LogP contribution in [0.4, 0.5) is 10.1 Å². The van der Waals surface area contributed by atoms with Gasteiger partial charge in [0.15, 0.2) is 17.1 Å². The van der Waals surface area contributed by atoms with Gasteiger partial charge in [0.1, 0.15) is 11.6 Å². The quantitative estimate of drug-likeness (QED) is 0.328. The van der Waals surface area contributed by atoms with Gasteiger partial charge in [-0.1, -0.05) is 33.8 Å². The maximum Gasteiger partial charge on any atom is 0.234 e. The Labute approximate surface area is 186 Å². The van der Waals surface area contributed by atoms with Gasteiger partial charge in [0.25, 0.3) is 0 Å². The molecule has 0 fully saturated rings. The van der Waals surface area contributed by atoms with Gasteiger partial charge in [-0.05, 0) is 55.5 Å². The number of ether oxygens (including phenoxy) is 1. The molecule has 0 aliphatic carbocycles. The van der Waals surface area contributed by atoms with E-state index in [1.807, 2.05) is 35.8 Å². The highest BCUT2D eigenvalue weighted by Gasteiger charge is 2.19. The maximum atomic E-state index is 13.0. The minimum atomic E-state index is -0.355. The van der Waals surface area contributed by atoms with Crippen molar-refractivity contribution in [2.24, 2.45) is 0 Å². The van der Waals surface area contributed by atoms with Gasteiger partial charge >= 0.3 is 0 Å². The van der Waals surface area contributed by atoms with Crippen LogP contribution in [0.5, 0.6) is 5.75 Å². The fourth-order valence-electron chi connectivity index (χ4n) is 2.64. The molecule has 1 atom stereocenters. The van der Waals surface area contributed by atoms with Crippen molar-refractivity contribution in [1.29, 1.82) is 0 Å². The number of hydrogen-bond acceptors (Lipinski definition) is 5. The smallest absolute Gasteiger partial charge is 0.234 e. The van der Waals surface area contributed by atoms with Crippen molar-refractivity contribution >= 4 is 39.3 Å². The summed E-state index contributed by atoms with van der Waals surface area (Å²) in [5.41, 5.74) is 0.534.